The van der Waals surface area contributed by atoms with E-state index in [0.29, 0.717) is 0 Å². The minimum Gasteiger partial charge on any atom is -0.477 e. The number of aliphatic carboxylic acids is 1. The van der Waals surface area contributed by atoms with E-state index in [9.17, 15) is 29.1 Å². The van der Waals surface area contributed by atoms with E-state index in [1.54, 1.807) is 0 Å². The molecule has 1 aromatic rings. The number of rotatable bonds is 12. The summed E-state index contributed by atoms with van der Waals surface area (Å²) in [6.07, 6.45) is 1.16. The molecule has 2 amide bonds. The van der Waals surface area contributed by atoms with Crippen molar-refractivity contribution in [3.05, 3.63) is 22.3 Å². The number of anilines is 1. The zero-order valence-corrected chi connectivity index (χ0v) is 21.1. The topological polar surface area (TPSA) is 191 Å². The zero-order chi connectivity index (χ0) is 26.4. The molecule has 2 atom stereocenters. The average molecular weight is 540 g/mol. The Hall–Kier alpha value is -3.46. The molecule has 3 rings (SSSR count). The Labute approximate surface area is 214 Å². The molecule has 0 bridgehead atoms. The molecular weight excluding hydrogens is 514 g/mol. The van der Waals surface area contributed by atoms with Gasteiger partial charge in [0, 0.05) is 16.7 Å². The molecule has 4 N–H and O–H groups in total. The van der Waals surface area contributed by atoms with Crippen LogP contribution in [0.15, 0.2) is 21.8 Å². The number of hydrogen-bond donors (Lipinski definition) is 3. The number of nitrogen functional groups attached to an aromatic ring is 1. The molecule has 1 saturated heterocycles. The summed E-state index contributed by atoms with van der Waals surface area (Å²) in [6, 6.07) is -1.02. The van der Waals surface area contributed by atoms with Gasteiger partial charge < -0.3 is 25.7 Å². The van der Waals surface area contributed by atoms with Crippen LogP contribution in [0.25, 0.3) is 0 Å². The van der Waals surface area contributed by atoms with E-state index in [4.69, 9.17) is 15.3 Å². The first-order valence-electron chi connectivity index (χ1n) is 10.9. The maximum Gasteiger partial charge on any atom is 0.352 e. The van der Waals surface area contributed by atoms with Crippen LogP contribution in [0.2, 0.25) is 0 Å². The van der Waals surface area contributed by atoms with Gasteiger partial charge in [-0.2, -0.15) is 0 Å². The number of fused-ring (bicyclic) bond motifs is 1. The first kappa shape index (κ1) is 27.1. The summed E-state index contributed by atoms with van der Waals surface area (Å²) in [5.41, 5.74) is 5.60. The Balaban J connectivity index is 1.73. The lowest BCUT2D eigenvalue weighted by Crippen LogP contribution is -2.71. The quantitative estimate of drug-likeness (QED) is 0.0837. The van der Waals surface area contributed by atoms with Crippen LogP contribution in [-0.2, 0) is 33.5 Å². The zero-order valence-electron chi connectivity index (χ0n) is 19.5. The van der Waals surface area contributed by atoms with Crippen LogP contribution >= 0.6 is 23.1 Å². The second-order valence-corrected chi connectivity index (χ2v) is 9.85. The number of unbranched alkanes of at least 4 members (excludes halogenated alkanes) is 1. The molecule has 0 radical (unpaired) electrons. The monoisotopic (exact) mass is 539 g/mol. The van der Waals surface area contributed by atoms with E-state index < -0.39 is 41.6 Å². The van der Waals surface area contributed by atoms with Crippen molar-refractivity contribution < 1.29 is 38.7 Å². The summed E-state index contributed by atoms with van der Waals surface area (Å²) in [6.45, 7) is 3.12. The fourth-order valence-electron chi connectivity index (χ4n) is 3.35. The first-order chi connectivity index (χ1) is 17.1. The van der Waals surface area contributed by atoms with Gasteiger partial charge in [0.2, 0.25) is 0 Å². The summed E-state index contributed by atoms with van der Waals surface area (Å²) in [5.74, 6) is -3.78. The van der Waals surface area contributed by atoms with E-state index in [0.717, 1.165) is 29.1 Å². The van der Waals surface area contributed by atoms with Crippen LogP contribution in [0, 0.1) is 0 Å². The highest BCUT2D eigenvalue weighted by Gasteiger charge is 2.54. The third-order valence-electron chi connectivity index (χ3n) is 5.06. The Bertz CT molecular complexity index is 1130. The van der Waals surface area contributed by atoms with Gasteiger partial charge in [-0.15, -0.1) is 23.1 Å². The highest BCUT2D eigenvalue weighted by molar-refractivity contribution is 8.00. The van der Waals surface area contributed by atoms with E-state index in [1.807, 2.05) is 6.92 Å². The van der Waals surface area contributed by atoms with Gasteiger partial charge >= 0.3 is 11.9 Å². The van der Waals surface area contributed by atoms with Crippen LogP contribution in [0.1, 0.15) is 38.8 Å². The van der Waals surface area contributed by atoms with Gasteiger partial charge in [0.15, 0.2) is 10.8 Å². The predicted octanol–water partition coefficient (Wildman–Crippen LogP) is 0.507. The number of ketones is 1. The number of carboxylic acid groups (broad SMARTS) is 1. The van der Waals surface area contributed by atoms with Crippen molar-refractivity contribution in [2.24, 2.45) is 5.16 Å². The van der Waals surface area contributed by atoms with E-state index in [2.05, 4.69) is 15.5 Å². The van der Waals surface area contributed by atoms with Crippen molar-refractivity contribution in [1.29, 1.82) is 0 Å². The number of carbonyl (C=O) groups excluding carboxylic acids is 4. The number of Topliss-reactive ketones (excluding diaryl/α,β-unsaturated/α-hetero) is 1. The molecule has 2 aliphatic heterocycles. The molecular formula is C21H25N5O8S2. The third-order valence-corrected chi connectivity index (χ3v) is 7.08. The number of nitrogens with zero attached hydrogens (tertiary/aromatic N) is 3. The third kappa shape index (κ3) is 6.20. The van der Waals surface area contributed by atoms with Gasteiger partial charge in [0.1, 0.15) is 48.2 Å². The van der Waals surface area contributed by atoms with Gasteiger partial charge in [-0.05, 0) is 13.3 Å². The number of esters is 1. The molecule has 2 aliphatic rings. The summed E-state index contributed by atoms with van der Waals surface area (Å²) >= 11 is 2.31. The van der Waals surface area contributed by atoms with Gasteiger partial charge in [-0.25, -0.2) is 9.78 Å². The standard InChI is InChI=1S/C21H25N5O8S2/c1-3-4-5-34-25-14(12-9-36-21(22)23-12)17(29)24-15-18(30)26-16(20(31)32)11(8-35-19(15)26)7-33-13(28)6-10(2)27/h9,15,19H,3-8H2,1-2H3,(H2,22,23)(H,24,29)(H,31,32)/b25-14-/t15-,19-/m1/s1. The largest absolute Gasteiger partial charge is 0.477 e. The number of ether oxygens (including phenoxy) is 1. The normalized spacial score (nSPS) is 19.3. The highest BCUT2D eigenvalue weighted by atomic mass is 32.2. The first-order valence-corrected chi connectivity index (χ1v) is 12.8. The summed E-state index contributed by atoms with van der Waals surface area (Å²) in [5, 5.41) is 17.2. The molecule has 0 spiro atoms. The van der Waals surface area contributed by atoms with Crippen LogP contribution < -0.4 is 11.1 Å². The second-order valence-electron chi connectivity index (χ2n) is 7.86. The van der Waals surface area contributed by atoms with Gasteiger partial charge in [0.05, 0.1) is 0 Å². The van der Waals surface area contributed by atoms with Crippen LogP contribution in [0.5, 0.6) is 0 Å². The number of β-lactam (4-membered cyclic amide) rings is 1. The van der Waals surface area contributed by atoms with Gasteiger partial charge in [-0.1, -0.05) is 18.5 Å². The Morgan fingerprint density at radius 1 is 1.36 bits per heavy atom. The number of thioether (sulfide) groups is 1. The number of amides is 2. The molecule has 1 fully saturated rings. The van der Waals surface area contributed by atoms with Crippen molar-refractivity contribution in [1.82, 2.24) is 15.2 Å². The van der Waals surface area contributed by atoms with Gasteiger partial charge in [-0.3, -0.25) is 24.1 Å². The molecule has 15 heteroatoms. The highest BCUT2D eigenvalue weighted by Crippen LogP contribution is 2.40. The molecule has 3 heterocycles. The van der Waals surface area contributed by atoms with Crippen LogP contribution in [-0.4, -0.2) is 80.6 Å². The maximum atomic E-state index is 13.0. The smallest absolute Gasteiger partial charge is 0.352 e. The fraction of sp³-hybridized carbons (Fsp3) is 0.476. The number of oxime groups is 1. The van der Waals surface area contributed by atoms with Crippen molar-refractivity contribution in [3.8, 4) is 0 Å². The number of hydrogen-bond acceptors (Lipinski definition) is 12. The molecule has 0 saturated carbocycles. The number of thiazole rings is 1. The van der Waals surface area contributed by atoms with Crippen molar-refractivity contribution in [2.75, 3.05) is 24.7 Å². The lowest BCUT2D eigenvalue weighted by atomic mass is 10.0. The molecule has 0 aliphatic carbocycles. The maximum absolute atomic E-state index is 13.0. The molecule has 36 heavy (non-hydrogen) atoms. The SMILES string of the molecule is CCCCO/N=C(\C(=O)N[C@@H]1C(=O)N2C(C(=O)O)=C(COC(=O)CC(C)=O)CS[C@H]12)c1csc(N)n1. The Morgan fingerprint density at radius 3 is 2.72 bits per heavy atom. The lowest BCUT2D eigenvalue weighted by Gasteiger charge is -2.49. The number of carbonyl (C=O) groups is 5. The molecule has 13 nitrogen and oxygen atoms in total. The Kier molecular flexibility index (Phi) is 9.03. The molecule has 194 valence electrons. The summed E-state index contributed by atoms with van der Waals surface area (Å²) in [7, 11) is 0. The van der Waals surface area contributed by atoms with Gasteiger partial charge in [0.25, 0.3) is 11.8 Å². The minimum atomic E-state index is -1.37. The van der Waals surface area contributed by atoms with Crippen molar-refractivity contribution in [3.63, 3.8) is 0 Å². The summed E-state index contributed by atoms with van der Waals surface area (Å²) < 4.78 is 5.00. The molecule has 0 unspecified atom stereocenters. The number of aromatic nitrogens is 1. The van der Waals surface area contributed by atoms with E-state index in [-0.39, 0.29) is 52.6 Å². The van der Waals surface area contributed by atoms with E-state index >= 15 is 0 Å². The number of nitrogens with one attached hydrogen (secondary N) is 1. The van der Waals surface area contributed by atoms with E-state index in [1.165, 1.54) is 24.1 Å². The lowest BCUT2D eigenvalue weighted by molar-refractivity contribution is -0.150. The van der Waals surface area contributed by atoms with Crippen LogP contribution in [0.3, 0.4) is 0 Å². The van der Waals surface area contributed by atoms with Crippen LogP contribution in [0.4, 0.5) is 5.13 Å². The molecule has 0 aromatic carbocycles. The molecule has 1 aromatic heterocycles. The summed E-state index contributed by atoms with van der Waals surface area (Å²) in [4.78, 5) is 70.9. The van der Waals surface area contributed by atoms with Crippen molar-refractivity contribution in [2.45, 2.75) is 44.5 Å². The Morgan fingerprint density at radius 2 is 2.11 bits per heavy atom. The predicted molar refractivity (Wildman–Crippen MR) is 130 cm³/mol. The minimum absolute atomic E-state index is 0.138. The van der Waals surface area contributed by atoms with Crippen molar-refractivity contribution >= 4 is 63.5 Å². The average Bonchev–Trinajstić information content (AvgIpc) is 3.25. The number of carboxylic acids is 1. The second kappa shape index (κ2) is 12.0. The fourth-order valence-corrected chi connectivity index (χ4v) is 5.22. The number of nitrogens with two attached hydrogens (primary N) is 1.